The molecule has 0 saturated carbocycles. The summed E-state index contributed by atoms with van der Waals surface area (Å²) in [4.78, 5) is 39.7. The van der Waals surface area contributed by atoms with Gasteiger partial charge in [0.1, 0.15) is 6.33 Å². The van der Waals surface area contributed by atoms with E-state index in [9.17, 15) is 14.9 Å². The highest BCUT2D eigenvalue weighted by Gasteiger charge is 2.35. The number of esters is 1. The number of nitro groups is 1. The second kappa shape index (κ2) is 8.68. The molecule has 1 aromatic carbocycles. The van der Waals surface area contributed by atoms with Crippen molar-refractivity contribution >= 4 is 34.2 Å². The number of nitrogens with one attached hydrogen (secondary N) is 1. The molecule has 2 aliphatic heterocycles. The van der Waals surface area contributed by atoms with Crippen LogP contribution in [-0.2, 0) is 22.5 Å². The normalized spacial score (nSPS) is 16.6. The van der Waals surface area contributed by atoms with E-state index in [4.69, 9.17) is 4.74 Å². The fourth-order valence-electron chi connectivity index (χ4n) is 4.95. The van der Waals surface area contributed by atoms with E-state index >= 15 is 0 Å². The molecule has 0 amide bonds. The van der Waals surface area contributed by atoms with Gasteiger partial charge in [-0.05, 0) is 37.8 Å². The highest BCUT2D eigenvalue weighted by Crippen LogP contribution is 2.38. The van der Waals surface area contributed by atoms with E-state index in [1.54, 1.807) is 6.92 Å². The topological polar surface area (TPSA) is 117 Å². The lowest BCUT2D eigenvalue weighted by Crippen LogP contribution is -2.38. The van der Waals surface area contributed by atoms with Crippen LogP contribution in [0, 0.1) is 16.0 Å². The Hall–Kier alpha value is -3.69. The van der Waals surface area contributed by atoms with Crippen LogP contribution in [-0.4, -0.2) is 52.1 Å². The lowest BCUT2D eigenvalue weighted by atomic mass is 9.97. The van der Waals surface area contributed by atoms with Gasteiger partial charge in [0.15, 0.2) is 0 Å². The summed E-state index contributed by atoms with van der Waals surface area (Å²) in [6.45, 7) is 4.31. The van der Waals surface area contributed by atoms with E-state index in [2.05, 4.69) is 21.0 Å². The number of anilines is 2. The molecule has 0 aliphatic carbocycles. The Bertz CT molecular complexity index is 1200. The molecule has 0 bridgehead atoms. The number of ether oxygens (including phenoxy) is 1. The number of rotatable bonds is 5. The van der Waals surface area contributed by atoms with Crippen LogP contribution in [0.4, 0.5) is 17.3 Å². The van der Waals surface area contributed by atoms with Gasteiger partial charge in [-0.2, -0.15) is 0 Å². The quantitative estimate of drug-likeness (QED) is 0.358. The molecule has 5 rings (SSSR count). The number of benzene rings is 1. The van der Waals surface area contributed by atoms with Crippen molar-refractivity contribution in [1.82, 2.24) is 15.0 Å². The van der Waals surface area contributed by atoms with E-state index in [0.717, 1.165) is 17.6 Å². The summed E-state index contributed by atoms with van der Waals surface area (Å²) >= 11 is 0. The summed E-state index contributed by atoms with van der Waals surface area (Å²) in [5.74, 6) is 0.276. The fourth-order valence-corrected chi connectivity index (χ4v) is 4.95. The summed E-state index contributed by atoms with van der Waals surface area (Å²) in [5, 5.41) is 13.4. The Labute approximate surface area is 190 Å². The number of hydrogen-bond donors (Lipinski definition) is 1. The van der Waals surface area contributed by atoms with Gasteiger partial charge in [-0.15, -0.1) is 0 Å². The first-order chi connectivity index (χ1) is 16.1. The molecule has 3 aromatic rings. The van der Waals surface area contributed by atoms with Crippen molar-refractivity contribution < 1.29 is 14.5 Å². The van der Waals surface area contributed by atoms with Crippen LogP contribution in [0.5, 0.6) is 0 Å². The van der Waals surface area contributed by atoms with E-state index in [0.29, 0.717) is 57.3 Å². The van der Waals surface area contributed by atoms with Gasteiger partial charge in [-0.25, -0.2) is 9.97 Å². The molecule has 33 heavy (non-hydrogen) atoms. The SMILES string of the molecule is CCOC(=O)C1CCN(c2ncnc(N3CCc4c([nH]c5ccccc45)C3)c2[N+](=O)[O-])CC1. The van der Waals surface area contributed by atoms with Crippen LogP contribution in [0.2, 0.25) is 0 Å². The number of fused-ring (bicyclic) bond motifs is 3. The first kappa shape index (κ1) is 21.2. The third kappa shape index (κ3) is 3.85. The number of carbonyl (C=O) groups excluding carboxylic acids is 1. The second-order valence-electron chi connectivity index (χ2n) is 8.44. The molecule has 10 nitrogen and oxygen atoms in total. The van der Waals surface area contributed by atoms with Crippen molar-refractivity contribution in [3.05, 3.63) is 52.0 Å². The first-order valence-electron chi connectivity index (χ1n) is 11.3. The lowest BCUT2D eigenvalue weighted by molar-refractivity contribution is -0.383. The standard InChI is InChI=1S/C23H26N6O4/c1-2-33-23(30)15-7-10-27(11-8-15)21-20(29(31)32)22(25-14-24-21)28-12-9-17-16-5-3-4-6-18(16)26-19(17)13-28/h3-6,14-15,26H,2,7-13H2,1H3. The number of piperidine rings is 1. The molecule has 1 N–H and O–H groups in total. The molecule has 0 spiro atoms. The molecule has 1 fully saturated rings. The summed E-state index contributed by atoms with van der Waals surface area (Å²) < 4.78 is 5.13. The van der Waals surface area contributed by atoms with Gasteiger partial charge in [0.05, 0.1) is 24.0 Å². The van der Waals surface area contributed by atoms with Crippen LogP contribution in [0.15, 0.2) is 30.6 Å². The maximum Gasteiger partial charge on any atom is 0.353 e. The largest absolute Gasteiger partial charge is 0.466 e. The minimum absolute atomic E-state index is 0.0772. The average molecular weight is 450 g/mol. The summed E-state index contributed by atoms with van der Waals surface area (Å²) in [5.41, 5.74) is 3.32. The van der Waals surface area contributed by atoms with Crippen LogP contribution >= 0.6 is 0 Å². The minimum atomic E-state index is -0.386. The predicted octanol–water partition coefficient (Wildman–Crippen LogP) is 3.21. The Morgan fingerprint density at radius 2 is 1.91 bits per heavy atom. The molecular formula is C23H26N6O4. The molecular weight excluding hydrogens is 424 g/mol. The van der Waals surface area contributed by atoms with Gasteiger partial charge in [0.25, 0.3) is 0 Å². The molecule has 2 aliphatic rings. The smallest absolute Gasteiger partial charge is 0.353 e. The van der Waals surface area contributed by atoms with Crippen molar-refractivity contribution in [2.24, 2.45) is 5.92 Å². The number of aromatic nitrogens is 3. The molecule has 1 saturated heterocycles. The van der Waals surface area contributed by atoms with Crippen molar-refractivity contribution in [3.63, 3.8) is 0 Å². The Morgan fingerprint density at radius 3 is 2.64 bits per heavy atom. The number of para-hydroxylation sites is 1. The Balaban J connectivity index is 1.41. The molecule has 0 atom stereocenters. The minimum Gasteiger partial charge on any atom is -0.466 e. The third-order valence-corrected chi connectivity index (χ3v) is 6.56. The maximum atomic E-state index is 12.2. The van der Waals surface area contributed by atoms with Crippen LogP contribution < -0.4 is 9.80 Å². The zero-order chi connectivity index (χ0) is 22.9. The Morgan fingerprint density at radius 1 is 1.18 bits per heavy atom. The summed E-state index contributed by atoms with van der Waals surface area (Å²) in [6.07, 6.45) is 3.34. The maximum absolute atomic E-state index is 12.2. The molecule has 2 aromatic heterocycles. The predicted molar refractivity (Wildman–Crippen MR) is 123 cm³/mol. The van der Waals surface area contributed by atoms with Crippen LogP contribution in [0.3, 0.4) is 0 Å². The van der Waals surface area contributed by atoms with Gasteiger partial charge in [-0.1, -0.05) is 18.2 Å². The van der Waals surface area contributed by atoms with E-state index in [1.807, 2.05) is 28.0 Å². The highest BCUT2D eigenvalue weighted by atomic mass is 16.6. The van der Waals surface area contributed by atoms with Crippen molar-refractivity contribution in [2.45, 2.75) is 32.7 Å². The van der Waals surface area contributed by atoms with E-state index in [1.165, 1.54) is 17.3 Å². The zero-order valence-electron chi connectivity index (χ0n) is 18.5. The van der Waals surface area contributed by atoms with Crippen LogP contribution in [0.1, 0.15) is 31.0 Å². The number of H-pyrrole nitrogens is 1. The molecule has 172 valence electrons. The number of carbonyl (C=O) groups is 1. The van der Waals surface area contributed by atoms with Gasteiger partial charge in [-0.3, -0.25) is 14.9 Å². The van der Waals surface area contributed by atoms with Gasteiger partial charge in [0, 0.05) is 36.2 Å². The number of nitrogens with zero attached hydrogens (tertiary/aromatic N) is 5. The van der Waals surface area contributed by atoms with Crippen molar-refractivity contribution in [1.29, 1.82) is 0 Å². The van der Waals surface area contributed by atoms with Crippen LogP contribution in [0.25, 0.3) is 10.9 Å². The highest BCUT2D eigenvalue weighted by molar-refractivity contribution is 5.85. The zero-order valence-corrected chi connectivity index (χ0v) is 18.5. The van der Waals surface area contributed by atoms with Crippen molar-refractivity contribution in [2.75, 3.05) is 36.0 Å². The fraction of sp³-hybridized carbons (Fsp3) is 0.435. The van der Waals surface area contributed by atoms with Gasteiger partial charge in [0.2, 0.25) is 11.6 Å². The van der Waals surface area contributed by atoms with Gasteiger partial charge < -0.3 is 19.5 Å². The monoisotopic (exact) mass is 450 g/mol. The van der Waals surface area contributed by atoms with E-state index in [-0.39, 0.29) is 22.5 Å². The first-order valence-corrected chi connectivity index (χ1v) is 11.3. The van der Waals surface area contributed by atoms with Crippen molar-refractivity contribution in [3.8, 4) is 0 Å². The second-order valence-corrected chi connectivity index (χ2v) is 8.44. The average Bonchev–Trinajstić information content (AvgIpc) is 3.21. The number of hydrogen-bond acceptors (Lipinski definition) is 8. The summed E-state index contributed by atoms with van der Waals surface area (Å²) in [6, 6.07) is 8.17. The molecule has 4 heterocycles. The van der Waals surface area contributed by atoms with E-state index < -0.39 is 0 Å². The Kier molecular flexibility index (Phi) is 5.57. The molecule has 0 radical (unpaired) electrons. The summed E-state index contributed by atoms with van der Waals surface area (Å²) in [7, 11) is 0. The molecule has 10 heteroatoms. The number of aromatic amines is 1. The third-order valence-electron chi connectivity index (χ3n) is 6.56. The van der Waals surface area contributed by atoms with Gasteiger partial charge >= 0.3 is 11.7 Å². The molecule has 0 unspecified atom stereocenters. The lowest BCUT2D eigenvalue weighted by Gasteiger charge is -2.32.